The Labute approximate surface area is 162 Å². The molecule has 3 nitrogen and oxygen atoms in total. The highest BCUT2D eigenvalue weighted by molar-refractivity contribution is 5.94. The fourth-order valence-corrected chi connectivity index (χ4v) is 3.08. The summed E-state index contributed by atoms with van der Waals surface area (Å²) in [5.41, 5.74) is -1.90. The number of benzene rings is 2. The van der Waals surface area contributed by atoms with Gasteiger partial charge in [-0.05, 0) is 30.7 Å². The first-order valence-corrected chi connectivity index (χ1v) is 8.72. The first kappa shape index (κ1) is 21.2. The fourth-order valence-electron chi connectivity index (χ4n) is 3.08. The van der Waals surface area contributed by atoms with Gasteiger partial charge in [-0.25, -0.2) is 0 Å². The highest BCUT2D eigenvalue weighted by atomic mass is 19.4. The third-order valence-electron chi connectivity index (χ3n) is 4.64. The van der Waals surface area contributed by atoms with E-state index in [1.165, 1.54) is 4.90 Å². The van der Waals surface area contributed by atoms with Crippen LogP contribution in [0.1, 0.15) is 38.7 Å². The van der Waals surface area contributed by atoms with Gasteiger partial charge < -0.3 is 9.64 Å². The molecule has 9 heteroatoms. The topological polar surface area (TPSA) is 29.5 Å². The van der Waals surface area contributed by atoms with Crippen molar-refractivity contribution in [2.75, 3.05) is 19.7 Å². The number of hydrogen-bond donors (Lipinski definition) is 0. The van der Waals surface area contributed by atoms with E-state index in [0.717, 1.165) is 11.1 Å². The maximum Gasteiger partial charge on any atom is 0.416 e. The van der Waals surface area contributed by atoms with E-state index in [9.17, 15) is 31.1 Å². The molecule has 29 heavy (non-hydrogen) atoms. The van der Waals surface area contributed by atoms with Crippen molar-refractivity contribution in [2.45, 2.75) is 25.4 Å². The molecule has 1 saturated heterocycles. The molecule has 2 aromatic carbocycles. The molecule has 1 heterocycles. The summed E-state index contributed by atoms with van der Waals surface area (Å²) in [6.45, 7) is 2.11. The summed E-state index contributed by atoms with van der Waals surface area (Å²) in [5, 5.41) is 0. The molecule has 1 fully saturated rings. The SMILES string of the molecule is Cc1ccc(C2CN(C(=O)c3cc(C(F)(F)F)cc(C(F)(F)F)c3)CCO2)cc1. The van der Waals surface area contributed by atoms with Crippen molar-refractivity contribution in [1.29, 1.82) is 0 Å². The lowest BCUT2D eigenvalue weighted by Crippen LogP contribution is -2.42. The van der Waals surface area contributed by atoms with Crippen molar-refractivity contribution >= 4 is 5.91 Å². The number of rotatable bonds is 2. The Kier molecular flexibility index (Phi) is 5.62. The first-order valence-electron chi connectivity index (χ1n) is 8.72. The van der Waals surface area contributed by atoms with Gasteiger partial charge in [0.1, 0.15) is 6.10 Å². The van der Waals surface area contributed by atoms with Crippen LogP contribution >= 0.6 is 0 Å². The van der Waals surface area contributed by atoms with Crippen molar-refractivity contribution in [2.24, 2.45) is 0 Å². The van der Waals surface area contributed by atoms with Crippen LogP contribution in [-0.2, 0) is 17.1 Å². The summed E-state index contributed by atoms with van der Waals surface area (Å²) in [5.74, 6) is -0.901. The van der Waals surface area contributed by atoms with Crippen LogP contribution in [0.15, 0.2) is 42.5 Å². The highest BCUT2D eigenvalue weighted by Crippen LogP contribution is 2.36. The van der Waals surface area contributed by atoms with E-state index >= 15 is 0 Å². The molecule has 0 radical (unpaired) electrons. The number of morpholine rings is 1. The molecule has 1 unspecified atom stereocenters. The molecular formula is C20H17F6NO2. The van der Waals surface area contributed by atoms with E-state index in [4.69, 9.17) is 4.74 Å². The monoisotopic (exact) mass is 417 g/mol. The Hall–Kier alpha value is -2.55. The molecule has 0 saturated carbocycles. The van der Waals surface area contributed by atoms with Gasteiger partial charge >= 0.3 is 12.4 Å². The predicted octanol–water partition coefficient (Wildman–Crippen LogP) is 5.25. The minimum Gasteiger partial charge on any atom is -0.370 e. The highest BCUT2D eigenvalue weighted by Gasteiger charge is 2.38. The number of aryl methyl sites for hydroxylation is 1. The lowest BCUT2D eigenvalue weighted by molar-refractivity contribution is -0.143. The average molecular weight is 417 g/mol. The van der Waals surface area contributed by atoms with Crippen LogP contribution in [-0.4, -0.2) is 30.5 Å². The lowest BCUT2D eigenvalue weighted by Gasteiger charge is -2.33. The number of alkyl halides is 6. The summed E-state index contributed by atoms with van der Waals surface area (Å²) < 4.78 is 83.9. The predicted molar refractivity (Wildman–Crippen MR) is 92.2 cm³/mol. The number of amides is 1. The number of halogens is 6. The van der Waals surface area contributed by atoms with Crippen LogP contribution < -0.4 is 0 Å². The molecule has 156 valence electrons. The van der Waals surface area contributed by atoms with E-state index in [1.807, 2.05) is 19.1 Å². The van der Waals surface area contributed by atoms with Gasteiger partial charge in [-0.3, -0.25) is 4.79 Å². The Morgan fingerprint density at radius 2 is 1.52 bits per heavy atom. The molecule has 0 spiro atoms. The third kappa shape index (κ3) is 4.90. The Balaban J connectivity index is 1.89. The normalized spacial score (nSPS) is 18.0. The minimum absolute atomic E-state index is 0.00516. The third-order valence-corrected chi connectivity index (χ3v) is 4.64. The molecular weight excluding hydrogens is 400 g/mol. The molecule has 3 rings (SSSR count). The second-order valence-electron chi connectivity index (χ2n) is 6.82. The Morgan fingerprint density at radius 3 is 2.03 bits per heavy atom. The van der Waals surface area contributed by atoms with Crippen molar-refractivity contribution in [1.82, 2.24) is 4.90 Å². The molecule has 0 bridgehead atoms. The number of carbonyl (C=O) groups is 1. The van der Waals surface area contributed by atoms with Gasteiger partial charge in [-0.1, -0.05) is 29.8 Å². The van der Waals surface area contributed by atoms with Gasteiger partial charge in [0.25, 0.3) is 5.91 Å². The van der Waals surface area contributed by atoms with E-state index in [2.05, 4.69) is 0 Å². The standard InChI is InChI=1S/C20H17F6NO2/c1-12-2-4-13(5-3-12)17-11-27(6-7-29-17)18(28)14-8-15(19(21,22)23)10-16(9-14)20(24,25)26/h2-5,8-10,17H,6-7,11H2,1H3. The van der Waals surface area contributed by atoms with Crippen LogP contribution in [0.3, 0.4) is 0 Å². The van der Waals surface area contributed by atoms with Gasteiger partial charge in [-0.2, -0.15) is 26.3 Å². The summed E-state index contributed by atoms with van der Waals surface area (Å²) in [4.78, 5) is 13.9. The minimum atomic E-state index is -5.01. The zero-order valence-electron chi connectivity index (χ0n) is 15.3. The maximum atomic E-state index is 13.0. The van der Waals surface area contributed by atoms with Gasteiger partial charge in [0, 0.05) is 12.1 Å². The lowest BCUT2D eigenvalue weighted by atomic mass is 10.0. The van der Waals surface area contributed by atoms with Crippen molar-refractivity contribution in [3.05, 3.63) is 70.3 Å². The zero-order valence-corrected chi connectivity index (χ0v) is 15.3. The Bertz CT molecular complexity index is 857. The molecule has 0 aromatic heterocycles. The largest absolute Gasteiger partial charge is 0.416 e. The average Bonchev–Trinajstić information content (AvgIpc) is 2.66. The number of carbonyl (C=O) groups excluding carboxylic acids is 1. The number of ether oxygens (including phenoxy) is 1. The van der Waals surface area contributed by atoms with Crippen LogP contribution in [0, 0.1) is 6.92 Å². The molecule has 1 atom stereocenters. The number of hydrogen-bond acceptors (Lipinski definition) is 2. The molecule has 1 aliphatic heterocycles. The molecule has 1 amide bonds. The van der Waals surface area contributed by atoms with Crippen LogP contribution in [0.5, 0.6) is 0 Å². The summed E-state index contributed by atoms with van der Waals surface area (Å²) in [6, 6.07) is 8.22. The summed E-state index contributed by atoms with van der Waals surface area (Å²) in [7, 11) is 0. The molecule has 0 aliphatic carbocycles. The Morgan fingerprint density at radius 1 is 0.966 bits per heavy atom. The van der Waals surface area contributed by atoms with Crippen molar-refractivity contribution in [3.8, 4) is 0 Å². The fraction of sp³-hybridized carbons (Fsp3) is 0.350. The van der Waals surface area contributed by atoms with E-state index in [1.54, 1.807) is 12.1 Å². The van der Waals surface area contributed by atoms with Crippen LogP contribution in [0.2, 0.25) is 0 Å². The van der Waals surface area contributed by atoms with Gasteiger partial charge in [0.2, 0.25) is 0 Å². The van der Waals surface area contributed by atoms with E-state index in [-0.39, 0.29) is 25.8 Å². The van der Waals surface area contributed by atoms with E-state index in [0.29, 0.717) is 12.1 Å². The number of nitrogens with zero attached hydrogens (tertiary/aromatic N) is 1. The van der Waals surface area contributed by atoms with E-state index < -0.39 is 41.1 Å². The van der Waals surface area contributed by atoms with Crippen LogP contribution in [0.25, 0.3) is 0 Å². The van der Waals surface area contributed by atoms with Crippen molar-refractivity contribution in [3.63, 3.8) is 0 Å². The quantitative estimate of drug-likeness (QED) is 0.625. The van der Waals surface area contributed by atoms with Crippen LogP contribution in [0.4, 0.5) is 26.3 Å². The second kappa shape index (κ2) is 7.70. The smallest absolute Gasteiger partial charge is 0.370 e. The van der Waals surface area contributed by atoms with Gasteiger partial charge in [0.15, 0.2) is 0 Å². The molecule has 2 aromatic rings. The molecule has 0 N–H and O–H groups in total. The maximum absolute atomic E-state index is 13.0. The molecule has 1 aliphatic rings. The zero-order chi connectivity index (χ0) is 21.4. The van der Waals surface area contributed by atoms with Gasteiger partial charge in [-0.15, -0.1) is 0 Å². The summed E-state index contributed by atoms with van der Waals surface area (Å²) >= 11 is 0. The second-order valence-corrected chi connectivity index (χ2v) is 6.82. The first-order chi connectivity index (χ1) is 13.4. The summed E-state index contributed by atoms with van der Waals surface area (Å²) in [6.07, 6.45) is -10.5. The van der Waals surface area contributed by atoms with Gasteiger partial charge in [0.05, 0.1) is 24.3 Å². The van der Waals surface area contributed by atoms with Crippen molar-refractivity contribution < 1.29 is 35.9 Å².